The van der Waals surface area contributed by atoms with E-state index in [9.17, 15) is 9.59 Å². The van der Waals surface area contributed by atoms with Crippen molar-refractivity contribution in [2.75, 3.05) is 7.11 Å². The van der Waals surface area contributed by atoms with Crippen LogP contribution in [-0.2, 0) is 14.3 Å². The molecule has 1 saturated carbocycles. The Bertz CT molecular complexity index is 555. The summed E-state index contributed by atoms with van der Waals surface area (Å²) in [4.78, 5) is 25.7. The second kappa shape index (κ2) is 8.06. The normalized spacial score (nSPS) is 18.0. The van der Waals surface area contributed by atoms with Gasteiger partial charge in [0.1, 0.15) is 5.54 Å². The molecule has 1 N–H and O–H groups in total. The number of esters is 1. The Morgan fingerprint density at radius 3 is 2.39 bits per heavy atom. The SMILES string of the molecule is COC(=O)C1(NC(=O)[C@@H](C)Sc2ccc(Cl)cc2)CCCCC1. The van der Waals surface area contributed by atoms with E-state index in [0.717, 1.165) is 24.2 Å². The largest absolute Gasteiger partial charge is 0.467 e. The van der Waals surface area contributed by atoms with Crippen LogP contribution >= 0.6 is 23.4 Å². The third-order valence-corrected chi connectivity index (χ3v) is 5.51. The molecule has 0 aliphatic heterocycles. The van der Waals surface area contributed by atoms with Crippen molar-refractivity contribution >= 4 is 35.2 Å². The highest BCUT2D eigenvalue weighted by atomic mass is 35.5. The smallest absolute Gasteiger partial charge is 0.331 e. The summed E-state index contributed by atoms with van der Waals surface area (Å²) in [5, 5.41) is 3.31. The molecule has 126 valence electrons. The van der Waals surface area contributed by atoms with Crippen LogP contribution in [0.15, 0.2) is 29.2 Å². The van der Waals surface area contributed by atoms with Crippen LogP contribution in [0.5, 0.6) is 0 Å². The number of thioether (sulfide) groups is 1. The quantitative estimate of drug-likeness (QED) is 0.644. The van der Waals surface area contributed by atoms with Crippen molar-refractivity contribution in [3.8, 4) is 0 Å². The lowest BCUT2D eigenvalue weighted by Gasteiger charge is -2.35. The number of hydrogen-bond acceptors (Lipinski definition) is 4. The van der Waals surface area contributed by atoms with Crippen LogP contribution in [0.2, 0.25) is 5.02 Å². The standard InChI is InChI=1S/C17H22ClNO3S/c1-12(23-14-8-6-13(18)7-9-14)15(20)19-17(16(21)22-2)10-4-3-5-11-17/h6-9,12H,3-5,10-11H2,1-2H3,(H,19,20)/t12-/m1/s1. The Morgan fingerprint density at radius 1 is 1.22 bits per heavy atom. The Labute approximate surface area is 146 Å². The lowest BCUT2D eigenvalue weighted by molar-refractivity contribution is -0.152. The van der Waals surface area contributed by atoms with Crippen molar-refractivity contribution in [3.63, 3.8) is 0 Å². The Balaban J connectivity index is 2.02. The molecule has 0 saturated heterocycles. The second-order valence-corrected chi connectivity index (χ2v) is 7.69. The highest BCUT2D eigenvalue weighted by molar-refractivity contribution is 8.00. The molecule has 1 aromatic carbocycles. The van der Waals surface area contributed by atoms with Gasteiger partial charge in [-0.1, -0.05) is 30.9 Å². The lowest BCUT2D eigenvalue weighted by atomic mass is 9.81. The van der Waals surface area contributed by atoms with Gasteiger partial charge in [-0.2, -0.15) is 0 Å². The number of carbonyl (C=O) groups is 2. The molecule has 0 unspecified atom stereocenters. The van der Waals surface area contributed by atoms with Gasteiger partial charge in [0.05, 0.1) is 12.4 Å². The molecule has 6 heteroatoms. The number of amides is 1. The molecule has 0 heterocycles. The topological polar surface area (TPSA) is 55.4 Å². The summed E-state index contributed by atoms with van der Waals surface area (Å²) in [5.74, 6) is -0.480. The van der Waals surface area contributed by atoms with Crippen LogP contribution in [0.4, 0.5) is 0 Å². The van der Waals surface area contributed by atoms with Gasteiger partial charge >= 0.3 is 5.97 Å². The van der Waals surface area contributed by atoms with E-state index in [4.69, 9.17) is 16.3 Å². The van der Waals surface area contributed by atoms with Crippen molar-refractivity contribution in [3.05, 3.63) is 29.3 Å². The molecule has 0 spiro atoms. The van der Waals surface area contributed by atoms with E-state index in [1.807, 2.05) is 19.1 Å². The molecule has 1 fully saturated rings. The molecule has 0 radical (unpaired) electrons. The van der Waals surface area contributed by atoms with Gasteiger partial charge in [0.15, 0.2) is 0 Å². The summed E-state index contributed by atoms with van der Waals surface area (Å²) >= 11 is 7.31. The Kier molecular flexibility index (Phi) is 6.36. The summed E-state index contributed by atoms with van der Waals surface area (Å²) < 4.78 is 4.93. The molecule has 1 atom stereocenters. The lowest BCUT2D eigenvalue weighted by Crippen LogP contribution is -2.57. The molecule has 1 amide bonds. The predicted molar refractivity (Wildman–Crippen MR) is 92.7 cm³/mol. The maximum atomic E-state index is 12.5. The van der Waals surface area contributed by atoms with E-state index >= 15 is 0 Å². The zero-order valence-corrected chi connectivity index (χ0v) is 15.0. The van der Waals surface area contributed by atoms with Crippen molar-refractivity contribution < 1.29 is 14.3 Å². The molecule has 0 bridgehead atoms. The number of carbonyl (C=O) groups excluding carboxylic acids is 2. The van der Waals surface area contributed by atoms with Gasteiger partial charge in [-0.25, -0.2) is 4.79 Å². The zero-order chi connectivity index (χ0) is 16.9. The maximum absolute atomic E-state index is 12.5. The first-order chi connectivity index (χ1) is 11.0. The van der Waals surface area contributed by atoms with Crippen molar-refractivity contribution in [2.45, 2.75) is 54.7 Å². The third kappa shape index (κ3) is 4.64. The van der Waals surface area contributed by atoms with Gasteiger partial charge in [-0.05, 0) is 44.0 Å². The van der Waals surface area contributed by atoms with E-state index in [1.54, 1.807) is 12.1 Å². The molecule has 1 aliphatic rings. The summed E-state index contributed by atoms with van der Waals surface area (Å²) in [6.45, 7) is 1.84. The average Bonchev–Trinajstić information content (AvgIpc) is 2.56. The minimum Gasteiger partial charge on any atom is -0.467 e. The summed E-state index contributed by atoms with van der Waals surface area (Å²) in [6.07, 6.45) is 4.22. The summed E-state index contributed by atoms with van der Waals surface area (Å²) in [6, 6.07) is 7.36. The van der Waals surface area contributed by atoms with Crippen LogP contribution in [0.3, 0.4) is 0 Å². The summed E-state index contributed by atoms with van der Waals surface area (Å²) in [5.41, 5.74) is -0.862. The van der Waals surface area contributed by atoms with Crippen LogP contribution in [0.25, 0.3) is 0 Å². The fraction of sp³-hybridized carbons (Fsp3) is 0.529. The first-order valence-corrected chi connectivity index (χ1v) is 9.05. The van der Waals surface area contributed by atoms with E-state index in [0.29, 0.717) is 17.9 Å². The van der Waals surface area contributed by atoms with E-state index < -0.39 is 5.54 Å². The number of ether oxygens (including phenoxy) is 1. The van der Waals surface area contributed by atoms with Crippen molar-refractivity contribution in [2.24, 2.45) is 0 Å². The molecule has 1 aromatic rings. The molecular weight excluding hydrogens is 334 g/mol. The average molecular weight is 356 g/mol. The van der Waals surface area contributed by atoms with Gasteiger partial charge in [0.2, 0.25) is 5.91 Å². The van der Waals surface area contributed by atoms with Crippen molar-refractivity contribution in [1.29, 1.82) is 0 Å². The van der Waals surface area contributed by atoms with Crippen LogP contribution in [0.1, 0.15) is 39.0 Å². The molecule has 4 nitrogen and oxygen atoms in total. The van der Waals surface area contributed by atoms with Gasteiger partial charge in [-0.3, -0.25) is 4.79 Å². The zero-order valence-electron chi connectivity index (χ0n) is 13.4. The monoisotopic (exact) mass is 355 g/mol. The minimum absolute atomic E-state index is 0.141. The number of hydrogen-bond donors (Lipinski definition) is 1. The van der Waals surface area contributed by atoms with E-state index in [2.05, 4.69) is 5.32 Å². The van der Waals surface area contributed by atoms with Crippen molar-refractivity contribution in [1.82, 2.24) is 5.32 Å². The second-order valence-electron chi connectivity index (χ2n) is 5.84. The molecule has 1 aliphatic carbocycles. The Morgan fingerprint density at radius 2 is 1.83 bits per heavy atom. The number of halogens is 1. The van der Waals surface area contributed by atoms with Gasteiger partial charge in [-0.15, -0.1) is 11.8 Å². The van der Waals surface area contributed by atoms with E-state index in [-0.39, 0.29) is 17.1 Å². The minimum atomic E-state index is -0.862. The van der Waals surface area contributed by atoms with Gasteiger partial charge < -0.3 is 10.1 Å². The highest BCUT2D eigenvalue weighted by Gasteiger charge is 2.42. The molecular formula is C17H22ClNO3S. The predicted octanol–water partition coefficient (Wildman–Crippen LogP) is 3.81. The van der Waals surface area contributed by atoms with Gasteiger partial charge in [0.25, 0.3) is 0 Å². The fourth-order valence-electron chi connectivity index (χ4n) is 2.84. The van der Waals surface area contributed by atoms with Crippen LogP contribution < -0.4 is 5.32 Å². The van der Waals surface area contributed by atoms with Crippen LogP contribution in [-0.4, -0.2) is 29.8 Å². The maximum Gasteiger partial charge on any atom is 0.331 e. The van der Waals surface area contributed by atoms with Gasteiger partial charge in [0, 0.05) is 9.92 Å². The fourth-order valence-corrected chi connectivity index (χ4v) is 3.83. The van der Waals surface area contributed by atoms with Crippen LogP contribution in [0, 0.1) is 0 Å². The number of rotatable bonds is 5. The first kappa shape index (κ1) is 18.1. The Hall–Kier alpha value is -1.20. The highest BCUT2D eigenvalue weighted by Crippen LogP contribution is 2.31. The molecule has 0 aromatic heterocycles. The number of methoxy groups -OCH3 is 1. The molecule has 23 heavy (non-hydrogen) atoms. The van der Waals surface area contributed by atoms with E-state index in [1.165, 1.54) is 18.9 Å². The number of benzene rings is 1. The molecule has 2 rings (SSSR count). The third-order valence-electron chi connectivity index (χ3n) is 4.14. The first-order valence-electron chi connectivity index (χ1n) is 7.79. The summed E-state index contributed by atoms with van der Waals surface area (Å²) in [7, 11) is 1.37. The number of nitrogens with one attached hydrogen (secondary N) is 1.